The van der Waals surface area contributed by atoms with Gasteiger partial charge >= 0.3 is 0 Å². The molecular formula is C21H20FN3O2. The Morgan fingerprint density at radius 3 is 2.67 bits per heavy atom. The molecule has 1 aliphatic heterocycles. The Bertz CT molecular complexity index is 924. The first kappa shape index (κ1) is 17.4. The van der Waals surface area contributed by atoms with Crippen LogP contribution in [-0.4, -0.2) is 34.0 Å². The molecule has 1 saturated heterocycles. The summed E-state index contributed by atoms with van der Waals surface area (Å²) in [5.41, 5.74) is 1.90. The van der Waals surface area contributed by atoms with Gasteiger partial charge in [0.2, 0.25) is 17.6 Å². The summed E-state index contributed by atoms with van der Waals surface area (Å²) in [4.78, 5) is 18.7. The van der Waals surface area contributed by atoms with E-state index in [1.807, 2.05) is 23.1 Å². The molecule has 2 aromatic carbocycles. The largest absolute Gasteiger partial charge is 0.341 e. The Labute approximate surface area is 156 Å². The molecule has 3 aromatic rings. The Hall–Kier alpha value is -3.02. The minimum Gasteiger partial charge on any atom is -0.341 e. The molecule has 27 heavy (non-hydrogen) atoms. The van der Waals surface area contributed by atoms with Gasteiger partial charge in [0, 0.05) is 25.1 Å². The van der Waals surface area contributed by atoms with E-state index >= 15 is 0 Å². The molecule has 1 aromatic heterocycles. The lowest BCUT2D eigenvalue weighted by molar-refractivity contribution is -0.127. The molecule has 138 valence electrons. The van der Waals surface area contributed by atoms with Crippen molar-refractivity contribution in [3.63, 3.8) is 0 Å². The molecular weight excluding hydrogens is 345 g/mol. The highest BCUT2D eigenvalue weighted by Crippen LogP contribution is 2.30. The Kier molecular flexibility index (Phi) is 4.71. The van der Waals surface area contributed by atoms with Crippen LogP contribution in [0, 0.1) is 5.82 Å². The van der Waals surface area contributed by atoms with E-state index < -0.39 is 0 Å². The van der Waals surface area contributed by atoms with Crippen molar-refractivity contribution < 1.29 is 13.7 Å². The first-order chi connectivity index (χ1) is 13.1. The summed E-state index contributed by atoms with van der Waals surface area (Å²) in [6, 6.07) is 16.1. The average Bonchev–Trinajstić information content (AvgIpc) is 3.30. The van der Waals surface area contributed by atoms with Crippen molar-refractivity contribution in [2.45, 2.75) is 25.2 Å². The number of hydrogen-bond donors (Lipinski definition) is 0. The molecule has 0 bridgehead atoms. The van der Waals surface area contributed by atoms with Gasteiger partial charge in [0.05, 0.1) is 5.92 Å². The highest BCUT2D eigenvalue weighted by atomic mass is 19.1. The number of amides is 1. The predicted molar refractivity (Wildman–Crippen MR) is 98.5 cm³/mol. The SMILES string of the molecule is CC(CN1CC(c2nc(-c3ccc(F)cc3)no2)CC1=O)c1ccccc1. The summed E-state index contributed by atoms with van der Waals surface area (Å²) in [5, 5.41) is 3.98. The number of halogens is 1. The van der Waals surface area contributed by atoms with Gasteiger partial charge in [-0.3, -0.25) is 4.79 Å². The number of carbonyl (C=O) groups excluding carboxylic acids is 1. The lowest BCUT2D eigenvalue weighted by Gasteiger charge is -2.21. The summed E-state index contributed by atoms with van der Waals surface area (Å²) >= 11 is 0. The van der Waals surface area contributed by atoms with Crippen LogP contribution in [0.2, 0.25) is 0 Å². The van der Waals surface area contributed by atoms with Crippen molar-refractivity contribution >= 4 is 5.91 Å². The smallest absolute Gasteiger partial charge is 0.232 e. The Morgan fingerprint density at radius 2 is 1.93 bits per heavy atom. The minimum absolute atomic E-state index is 0.101. The van der Waals surface area contributed by atoms with Crippen LogP contribution in [-0.2, 0) is 4.79 Å². The fourth-order valence-electron chi connectivity index (χ4n) is 3.45. The number of likely N-dealkylation sites (tertiary alicyclic amines) is 1. The van der Waals surface area contributed by atoms with Crippen molar-refractivity contribution in [3.05, 3.63) is 71.9 Å². The molecule has 1 aliphatic rings. The summed E-state index contributed by atoms with van der Waals surface area (Å²) in [6.45, 7) is 3.36. The zero-order valence-electron chi connectivity index (χ0n) is 15.0. The molecule has 0 aliphatic carbocycles. The third-order valence-corrected chi connectivity index (χ3v) is 4.97. The topological polar surface area (TPSA) is 59.2 Å². The van der Waals surface area contributed by atoms with Crippen molar-refractivity contribution in [1.82, 2.24) is 15.0 Å². The first-order valence-electron chi connectivity index (χ1n) is 9.02. The molecule has 6 heteroatoms. The molecule has 0 radical (unpaired) electrons. The van der Waals surface area contributed by atoms with E-state index in [1.54, 1.807) is 12.1 Å². The number of rotatable bonds is 5. The zero-order valence-corrected chi connectivity index (χ0v) is 15.0. The van der Waals surface area contributed by atoms with Crippen molar-refractivity contribution in [1.29, 1.82) is 0 Å². The average molecular weight is 365 g/mol. The van der Waals surface area contributed by atoms with Crippen LogP contribution in [0.5, 0.6) is 0 Å². The molecule has 1 fully saturated rings. The molecule has 2 heterocycles. The molecule has 0 spiro atoms. The van der Waals surface area contributed by atoms with Crippen LogP contribution < -0.4 is 0 Å². The van der Waals surface area contributed by atoms with E-state index in [-0.39, 0.29) is 23.6 Å². The second kappa shape index (κ2) is 7.31. The highest BCUT2D eigenvalue weighted by Gasteiger charge is 2.35. The number of benzene rings is 2. The number of hydrogen-bond acceptors (Lipinski definition) is 4. The van der Waals surface area contributed by atoms with Crippen molar-refractivity contribution in [2.24, 2.45) is 0 Å². The summed E-state index contributed by atoms with van der Waals surface area (Å²) in [5.74, 6) is 0.802. The molecule has 2 atom stereocenters. The van der Waals surface area contributed by atoms with E-state index in [2.05, 4.69) is 29.2 Å². The van der Waals surface area contributed by atoms with Crippen molar-refractivity contribution in [2.75, 3.05) is 13.1 Å². The monoisotopic (exact) mass is 365 g/mol. The molecule has 1 amide bonds. The zero-order chi connectivity index (χ0) is 18.8. The van der Waals surface area contributed by atoms with Crippen LogP contribution in [0.15, 0.2) is 59.1 Å². The highest BCUT2D eigenvalue weighted by molar-refractivity contribution is 5.79. The van der Waals surface area contributed by atoms with Gasteiger partial charge in [0.15, 0.2) is 0 Å². The van der Waals surface area contributed by atoms with Crippen LogP contribution in [0.4, 0.5) is 4.39 Å². The Balaban J connectivity index is 1.44. The summed E-state index contributed by atoms with van der Waals surface area (Å²) < 4.78 is 18.4. The number of nitrogens with zero attached hydrogens (tertiary/aromatic N) is 3. The van der Waals surface area contributed by atoms with Crippen LogP contribution in [0.3, 0.4) is 0 Å². The van der Waals surface area contributed by atoms with Gasteiger partial charge in [0.25, 0.3) is 0 Å². The number of carbonyl (C=O) groups is 1. The molecule has 0 N–H and O–H groups in total. The predicted octanol–water partition coefficient (Wildman–Crippen LogP) is 4.00. The second-order valence-corrected chi connectivity index (χ2v) is 6.97. The maximum Gasteiger partial charge on any atom is 0.232 e. The molecule has 2 unspecified atom stereocenters. The van der Waals surface area contributed by atoms with Gasteiger partial charge in [-0.1, -0.05) is 42.4 Å². The van der Waals surface area contributed by atoms with E-state index in [9.17, 15) is 9.18 Å². The van der Waals surface area contributed by atoms with Gasteiger partial charge in [0.1, 0.15) is 5.82 Å². The van der Waals surface area contributed by atoms with Crippen LogP contribution in [0.1, 0.15) is 36.6 Å². The lowest BCUT2D eigenvalue weighted by Crippen LogP contribution is -2.29. The maximum atomic E-state index is 13.1. The third kappa shape index (κ3) is 3.74. The maximum absolute atomic E-state index is 13.1. The second-order valence-electron chi connectivity index (χ2n) is 6.97. The molecule has 4 rings (SSSR count). The van der Waals surface area contributed by atoms with Gasteiger partial charge in [-0.25, -0.2) is 4.39 Å². The van der Waals surface area contributed by atoms with Gasteiger partial charge in [-0.2, -0.15) is 4.98 Å². The lowest BCUT2D eigenvalue weighted by atomic mass is 10.0. The third-order valence-electron chi connectivity index (χ3n) is 4.97. The fourth-order valence-corrected chi connectivity index (χ4v) is 3.45. The van der Waals surface area contributed by atoms with E-state index in [0.29, 0.717) is 36.8 Å². The summed E-state index contributed by atoms with van der Waals surface area (Å²) in [6.07, 6.45) is 0.368. The van der Waals surface area contributed by atoms with E-state index in [4.69, 9.17) is 4.52 Å². The standard InChI is InChI=1S/C21H20FN3O2/c1-14(15-5-3-2-4-6-15)12-25-13-17(11-19(25)26)21-23-20(24-27-21)16-7-9-18(22)10-8-16/h2-10,14,17H,11-13H2,1H3. The van der Waals surface area contributed by atoms with Crippen LogP contribution >= 0.6 is 0 Å². The van der Waals surface area contributed by atoms with Crippen molar-refractivity contribution in [3.8, 4) is 11.4 Å². The summed E-state index contributed by atoms with van der Waals surface area (Å²) in [7, 11) is 0. The molecule has 0 saturated carbocycles. The normalized spacial score (nSPS) is 18.1. The fraction of sp³-hybridized carbons (Fsp3) is 0.286. The number of aromatic nitrogens is 2. The van der Waals surface area contributed by atoms with E-state index in [1.165, 1.54) is 17.7 Å². The Morgan fingerprint density at radius 1 is 1.19 bits per heavy atom. The first-order valence-corrected chi connectivity index (χ1v) is 9.02. The quantitative estimate of drug-likeness (QED) is 0.686. The van der Waals surface area contributed by atoms with E-state index in [0.717, 1.165) is 0 Å². The minimum atomic E-state index is -0.313. The van der Waals surface area contributed by atoms with Gasteiger partial charge in [-0.15, -0.1) is 0 Å². The van der Waals surface area contributed by atoms with Gasteiger partial charge < -0.3 is 9.42 Å². The molecule has 5 nitrogen and oxygen atoms in total. The van der Waals surface area contributed by atoms with Gasteiger partial charge in [-0.05, 0) is 35.7 Å². The van der Waals surface area contributed by atoms with Crippen LogP contribution in [0.25, 0.3) is 11.4 Å².